The van der Waals surface area contributed by atoms with Crippen molar-refractivity contribution in [3.8, 4) is 0 Å². The van der Waals surface area contributed by atoms with Gasteiger partial charge in [0, 0.05) is 5.69 Å². The number of nitrogens with one attached hydrogen (secondary N) is 1. The standard InChI is InChI=1S/C12H17N/c1-5-8-13-12-7-6-9(2)10(3)11(12)4/h5-8,13H,1-4H3/b8-5-. The normalized spacial score (nSPS) is 10.8. The molecule has 0 aliphatic heterocycles. The van der Waals surface area contributed by atoms with Crippen molar-refractivity contribution in [3.05, 3.63) is 41.1 Å². The van der Waals surface area contributed by atoms with E-state index in [-0.39, 0.29) is 0 Å². The molecule has 0 aromatic heterocycles. The van der Waals surface area contributed by atoms with Crippen molar-refractivity contribution in [1.29, 1.82) is 0 Å². The third-order valence-electron chi connectivity index (χ3n) is 2.46. The molecule has 1 rings (SSSR count). The van der Waals surface area contributed by atoms with Crippen LogP contribution < -0.4 is 5.32 Å². The van der Waals surface area contributed by atoms with Gasteiger partial charge in [-0.1, -0.05) is 12.1 Å². The van der Waals surface area contributed by atoms with Crippen molar-refractivity contribution < 1.29 is 0 Å². The Balaban J connectivity index is 3.03. The summed E-state index contributed by atoms with van der Waals surface area (Å²) in [5.74, 6) is 0. The van der Waals surface area contributed by atoms with Crippen LogP contribution in [0.2, 0.25) is 0 Å². The van der Waals surface area contributed by atoms with Crippen molar-refractivity contribution >= 4 is 5.69 Å². The largest absolute Gasteiger partial charge is 0.362 e. The number of hydrogen-bond acceptors (Lipinski definition) is 1. The number of anilines is 1. The molecule has 1 N–H and O–H groups in total. The van der Waals surface area contributed by atoms with E-state index < -0.39 is 0 Å². The van der Waals surface area contributed by atoms with Gasteiger partial charge in [-0.25, -0.2) is 0 Å². The first-order valence-corrected chi connectivity index (χ1v) is 4.61. The summed E-state index contributed by atoms with van der Waals surface area (Å²) in [6.45, 7) is 8.45. The quantitative estimate of drug-likeness (QED) is 0.724. The Labute approximate surface area is 80.5 Å². The number of rotatable bonds is 2. The fourth-order valence-electron chi connectivity index (χ4n) is 1.29. The van der Waals surface area contributed by atoms with Gasteiger partial charge in [0.25, 0.3) is 0 Å². The van der Waals surface area contributed by atoms with Gasteiger partial charge in [0.1, 0.15) is 0 Å². The van der Waals surface area contributed by atoms with E-state index in [1.807, 2.05) is 19.2 Å². The molecule has 0 aliphatic carbocycles. The SMILES string of the molecule is C/C=C\Nc1ccc(C)c(C)c1C. The lowest BCUT2D eigenvalue weighted by Gasteiger charge is -2.10. The Morgan fingerprint density at radius 2 is 1.77 bits per heavy atom. The predicted molar refractivity (Wildman–Crippen MR) is 59.1 cm³/mol. The van der Waals surface area contributed by atoms with Crippen LogP contribution >= 0.6 is 0 Å². The Morgan fingerprint density at radius 1 is 1.08 bits per heavy atom. The van der Waals surface area contributed by atoms with Crippen molar-refractivity contribution in [2.45, 2.75) is 27.7 Å². The minimum absolute atomic E-state index is 1.20. The second-order valence-corrected chi connectivity index (χ2v) is 3.32. The van der Waals surface area contributed by atoms with E-state index in [0.29, 0.717) is 0 Å². The fraction of sp³-hybridized carbons (Fsp3) is 0.333. The van der Waals surface area contributed by atoms with E-state index in [2.05, 4.69) is 38.2 Å². The summed E-state index contributed by atoms with van der Waals surface area (Å²) in [5, 5.41) is 3.25. The molecule has 0 aliphatic rings. The summed E-state index contributed by atoms with van der Waals surface area (Å²) in [4.78, 5) is 0. The van der Waals surface area contributed by atoms with Gasteiger partial charge in [0.05, 0.1) is 0 Å². The zero-order chi connectivity index (χ0) is 9.84. The number of benzene rings is 1. The van der Waals surface area contributed by atoms with E-state index in [9.17, 15) is 0 Å². The van der Waals surface area contributed by atoms with Gasteiger partial charge in [0.2, 0.25) is 0 Å². The van der Waals surface area contributed by atoms with Crippen LogP contribution in [0.5, 0.6) is 0 Å². The summed E-state index contributed by atoms with van der Waals surface area (Å²) < 4.78 is 0. The minimum Gasteiger partial charge on any atom is -0.362 e. The molecule has 0 spiro atoms. The van der Waals surface area contributed by atoms with E-state index in [4.69, 9.17) is 0 Å². The highest BCUT2D eigenvalue weighted by Gasteiger charge is 2.00. The summed E-state index contributed by atoms with van der Waals surface area (Å²) in [6, 6.07) is 4.27. The molecule has 0 saturated heterocycles. The molecule has 13 heavy (non-hydrogen) atoms. The Bertz CT molecular complexity index is 324. The summed E-state index contributed by atoms with van der Waals surface area (Å²) in [5.41, 5.74) is 5.25. The maximum atomic E-state index is 3.25. The average Bonchev–Trinajstić information content (AvgIpc) is 2.13. The molecular weight excluding hydrogens is 158 g/mol. The molecule has 0 saturated carbocycles. The highest BCUT2D eigenvalue weighted by Crippen LogP contribution is 2.21. The zero-order valence-electron chi connectivity index (χ0n) is 8.81. The van der Waals surface area contributed by atoms with Crippen LogP contribution in [0.25, 0.3) is 0 Å². The van der Waals surface area contributed by atoms with E-state index in [0.717, 1.165) is 0 Å². The van der Waals surface area contributed by atoms with Crippen LogP contribution in [0.1, 0.15) is 23.6 Å². The molecule has 0 bridgehead atoms. The number of aryl methyl sites for hydroxylation is 1. The molecule has 0 fully saturated rings. The molecule has 0 heterocycles. The van der Waals surface area contributed by atoms with Gasteiger partial charge in [-0.2, -0.15) is 0 Å². The fourth-order valence-corrected chi connectivity index (χ4v) is 1.29. The van der Waals surface area contributed by atoms with Crippen molar-refractivity contribution in [2.75, 3.05) is 5.32 Å². The lowest BCUT2D eigenvalue weighted by Crippen LogP contribution is -1.94. The van der Waals surface area contributed by atoms with Gasteiger partial charge < -0.3 is 5.32 Å². The van der Waals surface area contributed by atoms with Crippen molar-refractivity contribution in [1.82, 2.24) is 0 Å². The second-order valence-electron chi connectivity index (χ2n) is 3.32. The number of allylic oxidation sites excluding steroid dienone is 1. The maximum absolute atomic E-state index is 3.25. The average molecular weight is 175 g/mol. The van der Waals surface area contributed by atoms with Gasteiger partial charge in [0.15, 0.2) is 0 Å². The van der Waals surface area contributed by atoms with Crippen LogP contribution in [0.3, 0.4) is 0 Å². The molecule has 1 heteroatoms. The maximum Gasteiger partial charge on any atom is 0.0412 e. The molecule has 0 atom stereocenters. The predicted octanol–water partition coefficient (Wildman–Crippen LogP) is 3.56. The lowest BCUT2D eigenvalue weighted by atomic mass is 10.0. The van der Waals surface area contributed by atoms with Crippen LogP contribution in [-0.4, -0.2) is 0 Å². The molecule has 0 amide bonds. The Morgan fingerprint density at radius 3 is 2.38 bits per heavy atom. The molecule has 0 unspecified atom stereocenters. The van der Waals surface area contributed by atoms with Crippen LogP contribution in [-0.2, 0) is 0 Å². The van der Waals surface area contributed by atoms with Crippen LogP contribution in [0.15, 0.2) is 24.4 Å². The van der Waals surface area contributed by atoms with E-state index in [1.54, 1.807) is 0 Å². The highest BCUT2D eigenvalue weighted by atomic mass is 14.8. The Kier molecular flexibility index (Phi) is 3.13. The topological polar surface area (TPSA) is 12.0 Å². The monoisotopic (exact) mass is 175 g/mol. The first-order chi connectivity index (χ1) is 6.16. The molecule has 70 valence electrons. The minimum atomic E-state index is 1.20. The van der Waals surface area contributed by atoms with Crippen LogP contribution in [0, 0.1) is 20.8 Å². The third-order valence-corrected chi connectivity index (χ3v) is 2.46. The smallest absolute Gasteiger partial charge is 0.0412 e. The Hall–Kier alpha value is -1.24. The first kappa shape index (κ1) is 9.85. The van der Waals surface area contributed by atoms with Gasteiger partial charge >= 0.3 is 0 Å². The molecule has 1 aromatic carbocycles. The molecular formula is C12H17N. The molecule has 1 nitrogen and oxygen atoms in total. The van der Waals surface area contributed by atoms with E-state index in [1.165, 1.54) is 22.4 Å². The summed E-state index contributed by atoms with van der Waals surface area (Å²) in [7, 11) is 0. The van der Waals surface area contributed by atoms with Gasteiger partial charge in [-0.15, -0.1) is 0 Å². The highest BCUT2D eigenvalue weighted by molar-refractivity contribution is 5.57. The molecule has 0 radical (unpaired) electrons. The second kappa shape index (κ2) is 4.13. The zero-order valence-corrected chi connectivity index (χ0v) is 8.81. The third kappa shape index (κ3) is 2.11. The lowest BCUT2D eigenvalue weighted by molar-refractivity contribution is 1.26. The van der Waals surface area contributed by atoms with Crippen LogP contribution in [0.4, 0.5) is 5.69 Å². The van der Waals surface area contributed by atoms with Gasteiger partial charge in [-0.05, 0) is 56.7 Å². The number of hydrogen-bond donors (Lipinski definition) is 1. The van der Waals surface area contributed by atoms with Crippen molar-refractivity contribution in [2.24, 2.45) is 0 Å². The summed E-state index contributed by atoms with van der Waals surface area (Å²) in [6.07, 6.45) is 3.95. The molecule has 1 aromatic rings. The summed E-state index contributed by atoms with van der Waals surface area (Å²) >= 11 is 0. The van der Waals surface area contributed by atoms with Crippen molar-refractivity contribution in [3.63, 3.8) is 0 Å². The van der Waals surface area contributed by atoms with E-state index >= 15 is 0 Å². The first-order valence-electron chi connectivity index (χ1n) is 4.61. The van der Waals surface area contributed by atoms with Gasteiger partial charge in [-0.3, -0.25) is 0 Å².